The van der Waals surface area contributed by atoms with E-state index in [4.69, 9.17) is 10.1 Å². The monoisotopic (exact) mass is 352 g/mol. The largest absolute Gasteiger partial charge is 0.340 e. The molecule has 3 aromatic heterocycles. The fourth-order valence-electron chi connectivity index (χ4n) is 3.71. The van der Waals surface area contributed by atoms with Crippen LogP contribution in [0.25, 0.3) is 5.78 Å². The number of hydrogen-bond donors (Lipinski definition) is 0. The van der Waals surface area contributed by atoms with E-state index in [-0.39, 0.29) is 0 Å². The molecule has 136 valence electrons. The number of aromatic nitrogens is 7. The molecule has 5 rings (SSSR count). The highest BCUT2D eigenvalue weighted by molar-refractivity contribution is 5.32. The molecular weight excluding hydrogens is 328 g/mol. The first-order chi connectivity index (χ1) is 12.7. The lowest BCUT2D eigenvalue weighted by atomic mass is 10.3. The van der Waals surface area contributed by atoms with Gasteiger partial charge >= 0.3 is 0 Å². The van der Waals surface area contributed by atoms with Crippen LogP contribution in [0.3, 0.4) is 0 Å². The Bertz CT molecular complexity index is 946. The van der Waals surface area contributed by atoms with Crippen molar-refractivity contribution in [1.29, 1.82) is 0 Å². The van der Waals surface area contributed by atoms with Gasteiger partial charge < -0.3 is 4.90 Å². The number of fused-ring (bicyclic) bond motifs is 1. The number of rotatable bonds is 5. The van der Waals surface area contributed by atoms with E-state index in [0.717, 1.165) is 54.9 Å². The van der Waals surface area contributed by atoms with Gasteiger partial charge in [0, 0.05) is 37.3 Å². The van der Waals surface area contributed by atoms with Crippen molar-refractivity contribution in [3.63, 3.8) is 0 Å². The fraction of sp³-hybridized carbons (Fsp3) is 0.611. The Morgan fingerprint density at radius 3 is 2.58 bits per heavy atom. The summed E-state index contributed by atoms with van der Waals surface area (Å²) in [5.41, 5.74) is 2.03. The predicted molar refractivity (Wildman–Crippen MR) is 97.4 cm³/mol. The summed E-state index contributed by atoms with van der Waals surface area (Å²) >= 11 is 0. The molecular formula is C18H24N8. The van der Waals surface area contributed by atoms with Crippen LogP contribution >= 0.6 is 0 Å². The minimum Gasteiger partial charge on any atom is -0.340 e. The molecule has 0 bridgehead atoms. The van der Waals surface area contributed by atoms with Crippen molar-refractivity contribution in [3.05, 3.63) is 29.1 Å². The molecule has 0 amide bonds. The van der Waals surface area contributed by atoms with Gasteiger partial charge in [-0.3, -0.25) is 0 Å². The third-order valence-corrected chi connectivity index (χ3v) is 5.21. The molecule has 3 aromatic rings. The molecule has 0 unspecified atom stereocenters. The predicted octanol–water partition coefficient (Wildman–Crippen LogP) is 2.05. The second kappa shape index (κ2) is 6.03. The fourth-order valence-corrected chi connectivity index (χ4v) is 3.71. The van der Waals surface area contributed by atoms with E-state index in [2.05, 4.69) is 24.6 Å². The Hall–Kier alpha value is -2.51. The van der Waals surface area contributed by atoms with Gasteiger partial charge in [-0.2, -0.15) is 9.97 Å². The second-order valence-electron chi connectivity index (χ2n) is 7.48. The van der Waals surface area contributed by atoms with E-state index in [0.29, 0.717) is 11.8 Å². The van der Waals surface area contributed by atoms with E-state index in [1.807, 2.05) is 24.4 Å². The van der Waals surface area contributed by atoms with Crippen LogP contribution in [0.2, 0.25) is 0 Å². The van der Waals surface area contributed by atoms with Crippen molar-refractivity contribution >= 4 is 11.7 Å². The van der Waals surface area contributed by atoms with Gasteiger partial charge in [0.2, 0.25) is 5.95 Å². The number of anilines is 1. The zero-order valence-corrected chi connectivity index (χ0v) is 15.4. The highest BCUT2D eigenvalue weighted by Gasteiger charge is 2.29. The molecule has 1 aliphatic heterocycles. The molecule has 2 aliphatic rings. The molecule has 8 nitrogen and oxygen atoms in total. The molecule has 4 heterocycles. The third kappa shape index (κ3) is 2.83. The highest BCUT2D eigenvalue weighted by Crippen LogP contribution is 2.36. The van der Waals surface area contributed by atoms with Gasteiger partial charge in [0.25, 0.3) is 5.78 Å². The molecule has 0 radical (unpaired) electrons. The summed E-state index contributed by atoms with van der Waals surface area (Å²) in [4.78, 5) is 16.2. The SMILES string of the molecule is Cc1cc(C)n2nc(CCc3nc(N4CCCC4)nn3C3CC3)nc2n1. The lowest BCUT2D eigenvalue weighted by Crippen LogP contribution is -2.19. The van der Waals surface area contributed by atoms with Gasteiger partial charge in [-0.05, 0) is 45.6 Å². The summed E-state index contributed by atoms with van der Waals surface area (Å²) in [6.45, 7) is 6.17. The Labute approximate surface area is 152 Å². The Balaban J connectivity index is 1.38. The number of aryl methyl sites for hydroxylation is 4. The maximum atomic E-state index is 4.85. The molecule has 0 N–H and O–H groups in total. The van der Waals surface area contributed by atoms with Gasteiger partial charge in [-0.15, -0.1) is 10.2 Å². The molecule has 0 atom stereocenters. The van der Waals surface area contributed by atoms with Gasteiger partial charge in [0.05, 0.1) is 6.04 Å². The van der Waals surface area contributed by atoms with Gasteiger partial charge in [0.1, 0.15) is 5.82 Å². The minimum absolute atomic E-state index is 0.537. The molecule has 0 aromatic carbocycles. The lowest BCUT2D eigenvalue weighted by Gasteiger charge is -2.10. The highest BCUT2D eigenvalue weighted by atomic mass is 15.4. The summed E-state index contributed by atoms with van der Waals surface area (Å²) in [7, 11) is 0. The van der Waals surface area contributed by atoms with Crippen molar-refractivity contribution in [2.75, 3.05) is 18.0 Å². The topological polar surface area (TPSA) is 77.0 Å². The van der Waals surface area contributed by atoms with Crippen LogP contribution in [0.1, 0.15) is 54.8 Å². The van der Waals surface area contributed by atoms with E-state index < -0.39 is 0 Å². The summed E-state index contributed by atoms with van der Waals surface area (Å²) < 4.78 is 3.97. The van der Waals surface area contributed by atoms with E-state index in [1.165, 1.54) is 25.7 Å². The zero-order chi connectivity index (χ0) is 17.7. The first kappa shape index (κ1) is 15.7. The van der Waals surface area contributed by atoms with Gasteiger partial charge in [-0.1, -0.05) is 0 Å². The van der Waals surface area contributed by atoms with Gasteiger partial charge in [-0.25, -0.2) is 14.2 Å². The van der Waals surface area contributed by atoms with Crippen LogP contribution < -0.4 is 4.90 Å². The first-order valence-electron chi connectivity index (χ1n) is 9.57. The summed E-state index contributed by atoms with van der Waals surface area (Å²) in [6.07, 6.45) is 6.48. The van der Waals surface area contributed by atoms with Crippen LogP contribution in [0.5, 0.6) is 0 Å². The Kier molecular flexibility index (Phi) is 3.65. The smallest absolute Gasteiger partial charge is 0.252 e. The van der Waals surface area contributed by atoms with Crippen molar-refractivity contribution in [1.82, 2.24) is 34.3 Å². The standard InChI is InChI=1S/C18H24N8/c1-12-11-13(2)25-17(19-12)20-15(22-25)7-8-16-21-18(24-9-3-4-10-24)23-26(16)14-5-6-14/h11,14H,3-10H2,1-2H3. The maximum absolute atomic E-state index is 4.85. The van der Waals surface area contributed by atoms with Crippen molar-refractivity contribution in [2.24, 2.45) is 0 Å². The van der Waals surface area contributed by atoms with E-state index >= 15 is 0 Å². The third-order valence-electron chi connectivity index (χ3n) is 5.21. The quantitative estimate of drug-likeness (QED) is 0.699. The van der Waals surface area contributed by atoms with Crippen LogP contribution in [0.4, 0.5) is 5.95 Å². The van der Waals surface area contributed by atoms with Crippen LogP contribution in [-0.2, 0) is 12.8 Å². The molecule has 26 heavy (non-hydrogen) atoms. The van der Waals surface area contributed by atoms with Crippen LogP contribution in [-0.4, -0.2) is 47.4 Å². The number of nitrogens with zero attached hydrogens (tertiary/aromatic N) is 8. The molecule has 0 spiro atoms. The van der Waals surface area contributed by atoms with Crippen molar-refractivity contribution < 1.29 is 0 Å². The summed E-state index contributed by atoms with van der Waals surface area (Å²) in [5, 5.41) is 9.43. The number of hydrogen-bond acceptors (Lipinski definition) is 6. The summed E-state index contributed by atoms with van der Waals surface area (Å²) in [6, 6.07) is 2.56. The lowest BCUT2D eigenvalue weighted by molar-refractivity contribution is 0.592. The van der Waals surface area contributed by atoms with Gasteiger partial charge in [0.15, 0.2) is 5.82 Å². The Morgan fingerprint density at radius 2 is 1.81 bits per heavy atom. The second-order valence-corrected chi connectivity index (χ2v) is 7.48. The maximum Gasteiger partial charge on any atom is 0.252 e. The first-order valence-corrected chi connectivity index (χ1v) is 9.57. The van der Waals surface area contributed by atoms with E-state index in [9.17, 15) is 0 Å². The zero-order valence-electron chi connectivity index (χ0n) is 15.4. The Morgan fingerprint density at radius 1 is 1.00 bits per heavy atom. The average molecular weight is 352 g/mol. The molecule has 1 saturated carbocycles. The van der Waals surface area contributed by atoms with Crippen LogP contribution in [0, 0.1) is 13.8 Å². The minimum atomic E-state index is 0.537. The van der Waals surface area contributed by atoms with E-state index in [1.54, 1.807) is 0 Å². The summed E-state index contributed by atoms with van der Waals surface area (Å²) in [5.74, 6) is 3.47. The molecule has 8 heteroatoms. The molecule has 1 saturated heterocycles. The van der Waals surface area contributed by atoms with Crippen molar-refractivity contribution in [3.8, 4) is 0 Å². The normalized spacial score (nSPS) is 17.5. The van der Waals surface area contributed by atoms with Crippen molar-refractivity contribution in [2.45, 2.75) is 58.4 Å². The molecule has 2 fully saturated rings. The average Bonchev–Trinajstić information content (AvgIpc) is 3.02. The van der Waals surface area contributed by atoms with Crippen LogP contribution in [0.15, 0.2) is 6.07 Å². The molecule has 1 aliphatic carbocycles.